The summed E-state index contributed by atoms with van der Waals surface area (Å²) >= 11 is 1.93. The van der Waals surface area contributed by atoms with Crippen LogP contribution in [0.3, 0.4) is 0 Å². The maximum Gasteiger partial charge on any atom is 0.232 e. The van der Waals surface area contributed by atoms with E-state index in [-0.39, 0.29) is 0 Å². The lowest BCUT2D eigenvalue weighted by Crippen LogP contribution is -2.31. The van der Waals surface area contributed by atoms with Crippen LogP contribution < -0.4 is 5.32 Å². The number of thioether (sulfide) groups is 1. The SMILES string of the molecule is CNC1CSCC1c1nc(Cc2ccc(C)cc2)no1. The fourth-order valence-electron chi connectivity index (χ4n) is 2.46. The van der Waals surface area contributed by atoms with Crippen molar-refractivity contribution in [2.24, 2.45) is 0 Å². The van der Waals surface area contributed by atoms with Crippen LogP contribution in [-0.2, 0) is 6.42 Å². The molecule has 2 heterocycles. The van der Waals surface area contributed by atoms with Gasteiger partial charge < -0.3 is 9.84 Å². The lowest BCUT2D eigenvalue weighted by molar-refractivity contribution is 0.341. The van der Waals surface area contributed by atoms with Crippen molar-refractivity contribution >= 4 is 11.8 Å². The third-order valence-electron chi connectivity index (χ3n) is 3.74. The average molecular weight is 289 g/mol. The molecule has 2 atom stereocenters. The monoisotopic (exact) mass is 289 g/mol. The van der Waals surface area contributed by atoms with Crippen molar-refractivity contribution in [1.82, 2.24) is 15.5 Å². The summed E-state index contributed by atoms with van der Waals surface area (Å²) < 4.78 is 5.46. The van der Waals surface area contributed by atoms with Gasteiger partial charge in [0.1, 0.15) is 0 Å². The average Bonchev–Trinajstić information content (AvgIpc) is 3.09. The fraction of sp³-hybridized carbons (Fsp3) is 0.467. The normalized spacial score (nSPS) is 22.3. The molecule has 5 heteroatoms. The van der Waals surface area contributed by atoms with Crippen molar-refractivity contribution in [3.05, 3.63) is 47.1 Å². The molecule has 20 heavy (non-hydrogen) atoms. The zero-order valence-corrected chi connectivity index (χ0v) is 12.6. The lowest BCUT2D eigenvalue weighted by atomic mass is 10.0. The third kappa shape index (κ3) is 2.88. The van der Waals surface area contributed by atoms with Crippen LogP contribution >= 0.6 is 11.8 Å². The summed E-state index contributed by atoms with van der Waals surface area (Å²) in [6.07, 6.45) is 0.730. The predicted octanol–water partition coefficient (Wildman–Crippen LogP) is 2.39. The van der Waals surface area contributed by atoms with Crippen LogP contribution in [0.5, 0.6) is 0 Å². The first kappa shape index (κ1) is 13.6. The zero-order chi connectivity index (χ0) is 13.9. The van der Waals surface area contributed by atoms with Gasteiger partial charge in [-0.1, -0.05) is 35.0 Å². The molecular formula is C15H19N3OS. The highest BCUT2D eigenvalue weighted by Crippen LogP contribution is 2.31. The molecule has 1 saturated heterocycles. The van der Waals surface area contributed by atoms with Crippen molar-refractivity contribution in [3.63, 3.8) is 0 Å². The minimum absolute atomic E-state index is 0.337. The number of rotatable bonds is 4. The summed E-state index contributed by atoms with van der Waals surface area (Å²) in [5.74, 6) is 4.05. The molecule has 1 aromatic carbocycles. The molecule has 0 radical (unpaired) electrons. The van der Waals surface area contributed by atoms with Gasteiger partial charge in [0.15, 0.2) is 5.82 Å². The number of nitrogens with one attached hydrogen (secondary N) is 1. The van der Waals surface area contributed by atoms with Crippen molar-refractivity contribution < 1.29 is 4.52 Å². The topological polar surface area (TPSA) is 51.0 Å². The summed E-state index contributed by atoms with van der Waals surface area (Å²) in [5.41, 5.74) is 2.48. The number of benzene rings is 1. The van der Waals surface area contributed by atoms with Crippen molar-refractivity contribution in [1.29, 1.82) is 0 Å². The minimum Gasteiger partial charge on any atom is -0.339 e. The Morgan fingerprint density at radius 3 is 2.85 bits per heavy atom. The molecule has 1 aliphatic heterocycles. The van der Waals surface area contributed by atoms with E-state index in [1.165, 1.54) is 11.1 Å². The van der Waals surface area contributed by atoms with Crippen molar-refractivity contribution in [2.75, 3.05) is 18.6 Å². The molecule has 1 aromatic heterocycles. The van der Waals surface area contributed by atoms with E-state index < -0.39 is 0 Å². The van der Waals surface area contributed by atoms with Crippen LogP contribution in [0.4, 0.5) is 0 Å². The second kappa shape index (κ2) is 5.97. The van der Waals surface area contributed by atoms with E-state index in [1.54, 1.807) is 0 Å². The van der Waals surface area contributed by atoms with Gasteiger partial charge in [-0.2, -0.15) is 16.7 Å². The van der Waals surface area contributed by atoms with Crippen LogP contribution in [0.1, 0.15) is 28.8 Å². The number of nitrogens with zero attached hydrogens (tertiary/aromatic N) is 2. The molecule has 1 N–H and O–H groups in total. The van der Waals surface area contributed by atoms with Gasteiger partial charge in [-0.3, -0.25) is 0 Å². The lowest BCUT2D eigenvalue weighted by Gasteiger charge is -2.13. The van der Waals surface area contributed by atoms with Crippen LogP contribution in [0.25, 0.3) is 0 Å². The molecule has 0 spiro atoms. The molecule has 1 aliphatic rings. The summed E-state index contributed by atoms with van der Waals surface area (Å²) in [6.45, 7) is 2.09. The van der Waals surface area contributed by atoms with Crippen LogP contribution in [0.2, 0.25) is 0 Å². The standard InChI is InChI=1S/C15H19N3OS/c1-10-3-5-11(6-4-10)7-14-17-15(19-18-14)12-8-20-9-13(12)16-2/h3-6,12-13,16H,7-9H2,1-2H3. The smallest absolute Gasteiger partial charge is 0.232 e. The van der Waals surface area contributed by atoms with E-state index in [0.717, 1.165) is 29.6 Å². The van der Waals surface area contributed by atoms with Crippen LogP contribution in [0.15, 0.2) is 28.8 Å². The number of aromatic nitrogens is 2. The fourth-order valence-corrected chi connectivity index (χ4v) is 3.88. The summed E-state index contributed by atoms with van der Waals surface area (Å²) in [6, 6.07) is 8.90. The first-order chi connectivity index (χ1) is 9.76. The molecule has 3 rings (SSSR count). The van der Waals surface area contributed by atoms with E-state index in [2.05, 4.69) is 46.6 Å². The minimum atomic E-state index is 0.337. The Balaban J connectivity index is 1.72. The Kier molecular flexibility index (Phi) is 4.08. The number of likely N-dealkylation sites (N-methyl/N-ethyl adjacent to an activating group) is 1. The van der Waals surface area contributed by atoms with Gasteiger partial charge in [0.2, 0.25) is 5.89 Å². The first-order valence-corrected chi connectivity index (χ1v) is 8.05. The molecule has 1 fully saturated rings. The van der Waals surface area contributed by atoms with Gasteiger partial charge in [-0.15, -0.1) is 0 Å². The van der Waals surface area contributed by atoms with E-state index in [0.29, 0.717) is 12.0 Å². The molecule has 0 amide bonds. The third-order valence-corrected chi connectivity index (χ3v) is 4.92. The maximum atomic E-state index is 5.46. The molecule has 0 bridgehead atoms. The molecule has 0 aliphatic carbocycles. The molecule has 4 nitrogen and oxygen atoms in total. The summed E-state index contributed by atoms with van der Waals surface area (Å²) in [5, 5.41) is 7.45. The Hall–Kier alpha value is -1.33. The number of hydrogen-bond acceptors (Lipinski definition) is 5. The van der Waals surface area contributed by atoms with E-state index >= 15 is 0 Å². The highest BCUT2D eigenvalue weighted by Gasteiger charge is 2.32. The summed E-state index contributed by atoms with van der Waals surface area (Å²) in [4.78, 5) is 4.58. The highest BCUT2D eigenvalue weighted by molar-refractivity contribution is 7.99. The second-order valence-electron chi connectivity index (χ2n) is 5.25. The Labute approximate surface area is 123 Å². The van der Waals surface area contributed by atoms with Crippen LogP contribution in [-0.4, -0.2) is 34.7 Å². The van der Waals surface area contributed by atoms with Gasteiger partial charge in [0.05, 0.1) is 5.92 Å². The van der Waals surface area contributed by atoms with Crippen molar-refractivity contribution in [2.45, 2.75) is 25.3 Å². The molecular weight excluding hydrogens is 270 g/mol. The van der Waals surface area contributed by atoms with Crippen LogP contribution in [0, 0.1) is 6.92 Å². The molecule has 2 aromatic rings. The maximum absolute atomic E-state index is 5.46. The van der Waals surface area contributed by atoms with E-state index in [4.69, 9.17) is 4.52 Å². The number of hydrogen-bond donors (Lipinski definition) is 1. The molecule has 106 valence electrons. The first-order valence-electron chi connectivity index (χ1n) is 6.89. The van der Waals surface area contributed by atoms with Gasteiger partial charge in [0.25, 0.3) is 0 Å². The van der Waals surface area contributed by atoms with Gasteiger partial charge in [-0.25, -0.2) is 0 Å². The zero-order valence-electron chi connectivity index (χ0n) is 11.8. The summed E-state index contributed by atoms with van der Waals surface area (Å²) in [7, 11) is 1.99. The van der Waals surface area contributed by atoms with Gasteiger partial charge >= 0.3 is 0 Å². The Morgan fingerprint density at radius 1 is 1.30 bits per heavy atom. The van der Waals surface area contributed by atoms with E-state index in [9.17, 15) is 0 Å². The molecule has 0 saturated carbocycles. The second-order valence-corrected chi connectivity index (χ2v) is 6.33. The van der Waals surface area contributed by atoms with Gasteiger partial charge in [0, 0.05) is 24.0 Å². The Morgan fingerprint density at radius 2 is 2.10 bits per heavy atom. The highest BCUT2D eigenvalue weighted by atomic mass is 32.2. The number of aryl methyl sites for hydroxylation is 1. The van der Waals surface area contributed by atoms with E-state index in [1.807, 2.05) is 18.8 Å². The molecule has 2 unspecified atom stereocenters. The van der Waals surface area contributed by atoms with Crippen molar-refractivity contribution in [3.8, 4) is 0 Å². The largest absolute Gasteiger partial charge is 0.339 e. The van der Waals surface area contributed by atoms with Gasteiger partial charge in [-0.05, 0) is 19.5 Å². The predicted molar refractivity (Wildman–Crippen MR) is 81.2 cm³/mol. The quantitative estimate of drug-likeness (QED) is 0.936. The Bertz CT molecular complexity index is 567.